The van der Waals surface area contributed by atoms with Crippen molar-refractivity contribution in [2.24, 2.45) is 0 Å². The Balaban J connectivity index is 1.76. The van der Waals surface area contributed by atoms with E-state index in [4.69, 9.17) is 16.3 Å². The van der Waals surface area contributed by atoms with Gasteiger partial charge in [-0.3, -0.25) is 0 Å². The maximum atomic E-state index is 10.0. The van der Waals surface area contributed by atoms with Gasteiger partial charge in [0.1, 0.15) is 18.5 Å². The molecule has 0 saturated carbocycles. The van der Waals surface area contributed by atoms with Gasteiger partial charge < -0.3 is 15.2 Å². The predicted octanol–water partition coefficient (Wildman–Crippen LogP) is 3.74. The van der Waals surface area contributed by atoms with Crippen LogP contribution >= 0.6 is 11.6 Å². The summed E-state index contributed by atoms with van der Waals surface area (Å²) in [7, 11) is 0. The molecule has 3 nitrogen and oxygen atoms in total. The fourth-order valence-corrected chi connectivity index (χ4v) is 2.43. The van der Waals surface area contributed by atoms with E-state index in [2.05, 4.69) is 5.32 Å². The van der Waals surface area contributed by atoms with Crippen LogP contribution in [0.4, 0.5) is 0 Å². The highest BCUT2D eigenvalue weighted by molar-refractivity contribution is 6.31. The Morgan fingerprint density at radius 1 is 1.14 bits per heavy atom. The van der Waals surface area contributed by atoms with Gasteiger partial charge in [-0.15, -0.1) is 0 Å². The molecule has 4 heteroatoms. The zero-order valence-electron chi connectivity index (χ0n) is 12.9. The number of ether oxygens (including phenoxy) is 1. The number of rotatable bonds is 7. The van der Waals surface area contributed by atoms with E-state index in [-0.39, 0.29) is 12.6 Å². The molecule has 0 saturated heterocycles. The van der Waals surface area contributed by atoms with Crippen molar-refractivity contribution in [2.75, 3.05) is 13.2 Å². The molecule has 2 N–H and O–H groups in total. The molecule has 2 atom stereocenters. The third-order valence-corrected chi connectivity index (χ3v) is 3.84. The molecule has 0 amide bonds. The number of nitrogens with one attached hydrogen (secondary N) is 1. The maximum Gasteiger partial charge on any atom is 0.119 e. The summed E-state index contributed by atoms with van der Waals surface area (Å²) in [4.78, 5) is 0. The van der Waals surface area contributed by atoms with Gasteiger partial charge in [-0.1, -0.05) is 47.5 Å². The zero-order chi connectivity index (χ0) is 15.9. The van der Waals surface area contributed by atoms with Gasteiger partial charge in [-0.2, -0.15) is 0 Å². The van der Waals surface area contributed by atoms with Crippen LogP contribution in [0.3, 0.4) is 0 Å². The van der Waals surface area contributed by atoms with E-state index in [0.29, 0.717) is 6.54 Å². The van der Waals surface area contributed by atoms with Crippen LogP contribution in [0.1, 0.15) is 24.1 Å². The summed E-state index contributed by atoms with van der Waals surface area (Å²) in [6.07, 6.45) is -0.578. The van der Waals surface area contributed by atoms with Crippen LogP contribution in [0, 0.1) is 6.92 Å². The highest BCUT2D eigenvalue weighted by Crippen LogP contribution is 2.22. The van der Waals surface area contributed by atoms with Gasteiger partial charge in [0, 0.05) is 17.6 Å². The lowest BCUT2D eigenvalue weighted by molar-refractivity contribution is 0.104. The van der Waals surface area contributed by atoms with Gasteiger partial charge in [0.15, 0.2) is 0 Å². The van der Waals surface area contributed by atoms with Gasteiger partial charge >= 0.3 is 0 Å². The summed E-state index contributed by atoms with van der Waals surface area (Å²) in [5.41, 5.74) is 2.21. The van der Waals surface area contributed by atoms with Crippen LogP contribution in [0.25, 0.3) is 0 Å². The Labute approximate surface area is 136 Å². The Bertz CT molecular complexity index is 586. The maximum absolute atomic E-state index is 10.0. The van der Waals surface area contributed by atoms with Crippen LogP contribution in [0.2, 0.25) is 5.02 Å². The highest BCUT2D eigenvalue weighted by Gasteiger charge is 2.11. The SMILES string of the molecule is Cc1ccc(OCC(O)CNC(C)c2ccccc2Cl)cc1. The van der Waals surface area contributed by atoms with Crippen LogP contribution in [-0.4, -0.2) is 24.4 Å². The monoisotopic (exact) mass is 319 g/mol. The number of aliphatic hydroxyl groups excluding tert-OH is 1. The minimum absolute atomic E-state index is 0.0720. The smallest absolute Gasteiger partial charge is 0.119 e. The largest absolute Gasteiger partial charge is 0.491 e. The fourth-order valence-electron chi connectivity index (χ4n) is 2.13. The number of hydrogen-bond acceptors (Lipinski definition) is 3. The van der Waals surface area contributed by atoms with Crippen molar-refractivity contribution in [1.82, 2.24) is 5.32 Å². The Kier molecular flexibility index (Phi) is 6.25. The number of aliphatic hydroxyl groups is 1. The first-order valence-electron chi connectivity index (χ1n) is 7.41. The van der Waals surface area contributed by atoms with E-state index >= 15 is 0 Å². The van der Waals surface area contributed by atoms with Crippen molar-refractivity contribution < 1.29 is 9.84 Å². The molecule has 0 aromatic heterocycles. The molecule has 0 fully saturated rings. The summed E-state index contributed by atoms with van der Waals surface area (Å²) in [5, 5.41) is 14.0. The lowest BCUT2D eigenvalue weighted by atomic mass is 10.1. The molecular weight excluding hydrogens is 298 g/mol. The second kappa shape index (κ2) is 8.18. The molecule has 2 unspecified atom stereocenters. The Hall–Kier alpha value is -1.55. The van der Waals surface area contributed by atoms with Crippen molar-refractivity contribution in [3.05, 3.63) is 64.7 Å². The summed E-state index contributed by atoms with van der Waals surface area (Å²) in [6.45, 7) is 4.75. The lowest BCUT2D eigenvalue weighted by Crippen LogP contribution is -2.33. The second-order valence-electron chi connectivity index (χ2n) is 5.43. The predicted molar refractivity (Wildman–Crippen MR) is 90.6 cm³/mol. The van der Waals surface area contributed by atoms with Crippen LogP contribution in [0.5, 0.6) is 5.75 Å². The quantitative estimate of drug-likeness (QED) is 0.817. The van der Waals surface area contributed by atoms with E-state index < -0.39 is 6.10 Å². The molecule has 2 rings (SSSR count). The fraction of sp³-hybridized carbons (Fsp3) is 0.333. The van der Waals surface area contributed by atoms with Gasteiger partial charge in [-0.25, -0.2) is 0 Å². The summed E-state index contributed by atoms with van der Waals surface area (Å²) >= 11 is 6.16. The summed E-state index contributed by atoms with van der Waals surface area (Å²) in [6, 6.07) is 15.6. The molecule has 0 aliphatic heterocycles. The molecule has 2 aromatic rings. The summed E-state index contributed by atoms with van der Waals surface area (Å²) < 4.78 is 5.57. The average Bonchev–Trinajstić information content (AvgIpc) is 2.52. The minimum atomic E-state index is -0.578. The number of hydrogen-bond donors (Lipinski definition) is 2. The molecule has 0 radical (unpaired) electrons. The van der Waals surface area contributed by atoms with Crippen LogP contribution in [0.15, 0.2) is 48.5 Å². The van der Waals surface area contributed by atoms with Crippen molar-refractivity contribution in [3.8, 4) is 5.75 Å². The molecule has 22 heavy (non-hydrogen) atoms. The molecular formula is C18H22ClNO2. The molecule has 0 bridgehead atoms. The van der Waals surface area contributed by atoms with Gasteiger partial charge in [0.05, 0.1) is 0 Å². The van der Waals surface area contributed by atoms with Crippen molar-refractivity contribution in [1.29, 1.82) is 0 Å². The molecule has 2 aromatic carbocycles. The Morgan fingerprint density at radius 3 is 2.50 bits per heavy atom. The van der Waals surface area contributed by atoms with Gasteiger partial charge in [0.25, 0.3) is 0 Å². The third-order valence-electron chi connectivity index (χ3n) is 3.49. The van der Waals surface area contributed by atoms with E-state index in [0.717, 1.165) is 16.3 Å². The third kappa shape index (κ3) is 5.02. The normalized spacial score (nSPS) is 13.6. The molecule has 118 valence electrons. The second-order valence-corrected chi connectivity index (χ2v) is 5.84. The first-order valence-corrected chi connectivity index (χ1v) is 7.79. The summed E-state index contributed by atoms with van der Waals surface area (Å²) in [5.74, 6) is 0.767. The van der Waals surface area contributed by atoms with Crippen molar-refractivity contribution in [3.63, 3.8) is 0 Å². The van der Waals surface area contributed by atoms with E-state index in [9.17, 15) is 5.11 Å². The number of benzene rings is 2. The Morgan fingerprint density at radius 2 is 1.82 bits per heavy atom. The average molecular weight is 320 g/mol. The van der Waals surface area contributed by atoms with Gasteiger partial charge in [0.2, 0.25) is 0 Å². The lowest BCUT2D eigenvalue weighted by Gasteiger charge is -2.18. The van der Waals surface area contributed by atoms with Crippen LogP contribution < -0.4 is 10.1 Å². The van der Waals surface area contributed by atoms with Crippen molar-refractivity contribution in [2.45, 2.75) is 26.0 Å². The minimum Gasteiger partial charge on any atom is -0.491 e. The van der Waals surface area contributed by atoms with E-state index in [1.807, 2.05) is 62.4 Å². The standard InChI is InChI=1S/C18H22ClNO2/c1-13-7-9-16(10-8-13)22-12-15(21)11-20-14(2)17-5-3-4-6-18(17)19/h3-10,14-15,20-21H,11-12H2,1-2H3. The van der Waals surface area contributed by atoms with Crippen LogP contribution in [-0.2, 0) is 0 Å². The number of halogens is 1. The van der Waals surface area contributed by atoms with E-state index in [1.165, 1.54) is 5.56 Å². The zero-order valence-corrected chi connectivity index (χ0v) is 13.7. The number of aryl methyl sites for hydroxylation is 1. The topological polar surface area (TPSA) is 41.5 Å². The first-order chi connectivity index (χ1) is 10.6. The highest BCUT2D eigenvalue weighted by atomic mass is 35.5. The first kappa shape index (κ1) is 16.8. The molecule has 0 spiro atoms. The van der Waals surface area contributed by atoms with Crippen molar-refractivity contribution >= 4 is 11.6 Å². The molecule has 0 aliphatic rings. The van der Waals surface area contributed by atoms with Gasteiger partial charge in [-0.05, 0) is 37.6 Å². The molecule has 0 heterocycles. The molecule has 0 aliphatic carbocycles. The van der Waals surface area contributed by atoms with E-state index in [1.54, 1.807) is 0 Å².